The van der Waals surface area contributed by atoms with Crippen molar-refractivity contribution in [2.75, 3.05) is 0 Å². The normalized spacial score (nSPS) is 12.2. The van der Waals surface area contributed by atoms with Gasteiger partial charge in [-0.1, -0.05) is 17.7 Å². The molecule has 0 fully saturated rings. The van der Waals surface area contributed by atoms with Gasteiger partial charge in [-0.2, -0.15) is 5.10 Å². The molecule has 106 valence electrons. The highest BCUT2D eigenvalue weighted by Crippen LogP contribution is 2.18. The van der Waals surface area contributed by atoms with Gasteiger partial charge in [-0.15, -0.1) is 0 Å². The van der Waals surface area contributed by atoms with Crippen LogP contribution >= 0.6 is 11.6 Å². The highest BCUT2D eigenvalue weighted by atomic mass is 35.5. The molecule has 1 aromatic heterocycles. The van der Waals surface area contributed by atoms with E-state index >= 15 is 0 Å². The van der Waals surface area contributed by atoms with Gasteiger partial charge in [0.05, 0.1) is 6.42 Å². The van der Waals surface area contributed by atoms with Crippen LogP contribution < -0.4 is 4.74 Å². The maximum atomic E-state index is 12.1. The summed E-state index contributed by atoms with van der Waals surface area (Å²) in [5.74, 6) is 1.18. The van der Waals surface area contributed by atoms with Crippen molar-refractivity contribution in [3.05, 3.63) is 41.4 Å². The third-order valence-electron chi connectivity index (χ3n) is 2.89. The number of ether oxygens (including phenoxy) is 1. The number of hydrogen-bond donors (Lipinski definition) is 0. The van der Waals surface area contributed by atoms with Gasteiger partial charge in [-0.05, 0) is 32.0 Å². The van der Waals surface area contributed by atoms with E-state index < -0.39 is 6.10 Å². The number of carbonyl (C=O) groups is 1. The summed E-state index contributed by atoms with van der Waals surface area (Å²) in [5.41, 5.74) is 0. The molecule has 5 nitrogen and oxygen atoms in total. The summed E-state index contributed by atoms with van der Waals surface area (Å²) in [6, 6.07) is 6.98. The zero-order valence-corrected chi connectivity index (χ0v) is 12.2. The summed E-state index contributed by atoms with van der Waals surface area (Å²) >= 11 is 5.88. The maximum absolute atomic E-state index is 12.1. The third-order valence-corrected chi connectivity index (χ3v) is 3.13. The Hall–Kier alpha value is -1.88. The summed E-state index contributed by atoms with van der Waals surface area (Å²) in [4.78, 5) is 16.2. The van der Waals surface area contributed by atoms with Crippen LogP contribution in [0, 0.1) is 0 Å². The lowest BCUT2D eigenvalue weighted by molar-refractivity contribution is -0.124. The molecule has 0 aliphatic rings. The van der Waals surface area contributed by atoms with Crippen molar-refractivity contribution in [2.24, 2.45) is 0 Å². The molecule has 0 N–H and O–H groups in total. The summed E-state index contributed by atoms with van der Waals surface area (Å²) < 4.78 is 7.29. The molecule has 0 aliphatic carbocycles. The first-order valence-corrected chi connectivity index (χ1v) is 6.79. The molecule has 0 saturated carbocycles. The van der Waals surface area contributed by atoms with Crippen molar-refractivity contribution in [3.8, 4) is 5.75 Å². The minimum atomic E-state index is -0.560. The van der Waals surface area contributed by atoms with Crippen LogP contribution in [-0.2, 0) is 17.8 Å². The summed E-state index contributed by atoms with van der Waals surface area (Å²) in [5, 5.41) is 4.61. The zero-order chi connectivity index (χ0) is 14.5. The highest BCUT2D eigenvalue weighted by molar-refractivity contribution is 6.30. The van der Waals surface area contributed by atoms with Gasteiger partial charge in [0, 0.05) is 11.6 Å². The Morgan fingerprint density at radius 2 is 2.30 bits per heavy atom. The predicted molar refractivity (Wildman–Crippen MR) is 75.9 cm³/mol. The largest absolute Gasteiger partial charge is 0.483 e. The van der Waals surface area contributed by atoms with E-state index in [4.69, 9.17) is 16.3 Å². The third kappa shape index (κ3) is 3.57. The number of aryl methyl sites for hydroxylation is 1. The number of halogens is 1. The van der Waals surface area contributed by atoms with Crippen LogP contribution in [-0.4, -0.2) is 26.7 Å². The lowest BCUT2D eigenvalue weighted by Crippen LogP contribution is -2.26. The van der Waals surface area contributed by atoms with Gasteiger partial charge >= 0.3 is 0 Å². The van der Waals surface area contributed by atoms with Gasteiger partial charge in [0.1, 0.15) is 17.9 Å². The molecule has 1 aromatic carbocycles. The Morgan fingerprint density at radius 3 is 3.00 bits per heavy atom. The molecule has 0 amide bonds. The van der Waals surface area contributed by atoms with E-state index in [1.807, 2.05) is 6.92 Å². The fourth-order valence-electron chi connectivity index (χ4n) is 1.80. The smallest absolute Gasteiger partial charge is 0.180 e. The molecule has 0 saturated heterocycles. The molecule has 0 bridgehead atoms. The number of Topliss-reactive ketones (excluding diaryl/α,β-unsaturated/α-hetero) is 1. The second-order valence-electron chi connectivity index (χ2n) is 4.35. The van der Waals surface area contributed by atoms with Gasteiger partial charge in [-0.3, -0.25) is 4.79 Å². The number of benzene rings is 1. The lowest BCUT2D eigenvalue weighted by atomic mass is 10.2. The molecule has 1 heterocycles. The van der Waals surface area contributed by atoms with Crippen molar-refractivity contribution in [1.29, 1.82) is 0 Å². The lowest BCUT2D eigenvalue weighted by Gasteiger charge is -2.13. The molecule has 2 aromatic rings. The number of aromatic nitrogens is 3. The second kappa shape index (κ2) is 6.52. The van der Waals surface area contributed by atoms with Gasteiger partial charge in [-0.25, -0.2) is 9.67 Å². The number of hydrogen-bond acceptors (Lipinski definition) is 4. The topological polar surface area (TPSA) is 57.0 Å². The van der Waals surface area contributed by atoms with Gasteiger partial charge in [0.15, 0.2) is 11.9 Å². The number of carbonyl (C=O) groups excluding carboxylic acids is 1. The molecule has 1 unspecified atom stereocenters. The van der Waals surface area contributed by atoms with Crippen LogP contribution in [0.4, 0.5) is 0 Å². The predicted octanol–water partition coefficient (Wildman–Crippen LogP) is 2.53. The van der Waals surface area contributed by atoms with E-state index in [1.54, 1.807) is 35.9 Å². The van der Waals surface area contributed by atoms with Crippen molar-refractivity contribution >= 4 is 17.4 Å². The summed E-state index contributed by atoms with van der Waals surface area (Å²) in [6.07, 6.45) is 1.10. The van der Waals surface area contributed by atoms with E-state index in [9.17, 15) is 4.79 Å². The Labute approximate surface area is 122 Å². The summed E-state index contributed by atoms with van der Waals surface area (Å²) in [7, 11) is 0. The highest BCUT2D eigenvalue weighted by Gasteiger charge is 2.18. The average molecular weight is 294 g/mol. The van der Waals surface area contributed by atoms with Gasteiger partial charge < -0.3 is 4.74 Å². The molecular formula is C14H16ClN3O2. The standard InChI is InChI=1S/C14H16ClN3O2/c1-3-18-14(16-9-17-18)8-13(19)10(2)20-12-6-4-5-11(15)7-12/h4-7,9-10H,3,8H2,1-2H3. The van der Waals surface area contributed by atoms with Crippen LogP contribution in [0.25, 0.3) is 0 Å². The minimum absolute atomic E-state index is 0.0484. The monoisotopic (exact) mass is 293 g/mol. The van der Waals surface area contributed by atoms with E-state index in [2.05, 4.69) is 10.1 Å². The van der Waals surface area contributed by atoms with Crippen LogP contribution in [0.5, 0.6) is 5.75 Å². The van der Waals surface area contributed by atoms with Crippen molar-refractivity contribution in [1.82, 2.24) is 14.8 Å². The molecule has 1 atom stereocenters. The number of nitrogens with zero attached hydrogens (tertiary/aromatic N) is 3. The maximum Gasteiger partial charge on any atom is 0.180 e. The van der Waals surface area contributed by atoms with Gasteiger partial charge in [0.2, 0.25) is 0 Å². The van der Waals surface area contributed by atoms with Crippen molar-refractivity contribution < 1.29 is 9.53 Å². The Bertz CT molecular complexity index is 598. The molecule has 0 spiro atoms. The fourth-order valence-corrected chi connectivity index (χ4v) is 1.98. The first-order valence-electron chi connectivity index (χ1n) is 6.41. The van der Waals surface area contributed by atoms with Crippen LogP contribution in [0.15, 0.2) is 30.6 Å². The molecule has 2 rings (SSSR count). The first-order chi connectivity index (χ1) is 9.60. The fraction of sp³-hybridized carbons (Fsp3) is 0.357. The Kier molecular flexibility index (Phi) is 4.74. The van der Waals surface area contributed by atoms with Crippen LogP contribution in [0.3, 0.4) is 0 Å². The summed E-state index contributed by atoms with van der Waals surface area (Å²) in [6.45, 7) is 4.36. The van der Waals surface area contributed by atoms with E-state index in [1.165, 1.54) is 6.33 Å². The second-order valence-corrected chi connectivity index (χ2v) is 4.79. The van der Waals surface area contributed by atoms with Crippen molar-refractivity contribution in [3.63, 3.8) is 0 Å². The molecule has 20 heavy (non-hydrogen) atoms. The van der Waals surface area contributed by atoms with E-state index in [0.717, 1.165) is 0 Å². The minimum Gasteiger partial charge on any atom is -0.483 e. The number of ketones is 1. The van der Waals surface area contributed by atoms with E-state index in [0.29, 0.717) is 23.1 Å². The quantitative estimate of drug-likeness (QED) is 0.821. The first kappa shape index (κ1) is 14.5. The Balaban J connectivity index is 1.99. The van der Waals surface area contributed by atoms with Gasteiger partial charge in [0.25, 0.3) is 0 Å². The molecule has 6 heteroatoms. The average Bonchev–Trinajstić information content (AvgIpc) is 2.85. The number of rotatable bonds is 6. The Morgan fingerprint density at radius 1 is 1.50 bits per heavy atom. The molecule has 0 radical (unpaired) electrons. The van der Waals surface area contributed by atoms with Crippen LogP contribution in [0.1, 0.15) is 19.7 Å². The molecule has 0 aliphatic heterocycles. The van der Waals surface area contributed by atoms with Crippen LogP contribution in [0.2, 0.25) is 5.02 Å². The van der Waals surface area contributed by atoms with E-state index in [-0.39, 0.29) is 12.2 Å². The SMILES string of the molecule is CCn1ncnc1CC(=O)C(C)Oc1cccc(Cl)c1. The zero-order valence-electron chi connectivity index (χ0n) is 11.4. The molecular weight excluding hydrogens is 278 g/mol. The van der Waals surface area contributed by atoms with Crippen molar-refractivity contribution in [2.45, 2.75) is 32.9 Å².